The molecule has 0 bridgehead atoms. The molecule has 0 fully saturated rings. The van der Waals surface area contributed by atoms with Crippen molar-refractivity contribution < 1.29 is 22.4 Å². The highest BCUT2D eigenvalue weighted by Gasteiger charge is 2.34. The lowest BCUT2D eigenvalue weighted by Crippen LogP contribution is -2.13. The second-order valence-electron chi connectivity index (χ2n) is 7.47. The standard InChI is InChI=1S/C24H19F4N2O/c1-2-4-14-7-10-17-21(11-14)30(20-6-3-5-18(22(17)20)23(29)31)13-15-8-9-16(25)12-19(15)24(26,27)28/h3,5-9,11-12H,2,4,13H2,1H3,(H2,29,31). The van der Waals surface area contributed by atoms with E-state index in [0.717, 1.165) is 30.5 Å². The molecule has 0 saturated heterocycles. The summed E-state index contributed by atoms with van der Waals surface area (Å²) in [7, 11) is 0. The van der Waals surface area contributed by atoms with Gasteiger partial charge in [0.15, 0.2) is 0 Å². The number of hydrogen-bond acceptors (Lipinski definition) is 1. The summed E-state index contributed by atoms with van der Waals surface area (Å²) in [5.74, 6) is -1.58. The number of carbonyl (C=O) groups excluding carboxylic acids is 1. The molecule has 3 aromatic carbocycles. The van der Waals surface area contributed by atoms with Crippen LogP contribution in [0.15, 0.2) is 48.5 Å². The summed E-state index contributed by atoms with van der Waals surface area (Å²) in [4.78, 5) is 12.0. The Bertz CT molecular complexity index is 1300. The van der Waals surface area contributed by atoms with E-state index in [1.165, 1.54) is 0 Å². The molecule has 0 atom stereocenters. The first-order chi connectivity index (χ1) is 14.7. The molecule has 7 heteroatoms. The van der Waals surface area contributed by atoms with Crippen molar-refractivity contribution in [1.29, 1.82) is 0 Å². The molecule has 31 heavy (non-hydrogen) atoms. The van der Waals surface area contributed by atoms with Crippen LogP contribution >= 0.6 is 0 Å². The van der Waals surface area contributed by atoms with E-state index in [4.69, 9.17) is 5.73 Å². The fourth-order valence-electron chi connectivity index (χ4n) is 4.03. The van der Waals surface area contributed by atoms with Crippen LogP contribution in [0.5, 0.6) is 0 Å². The number of rotatable bonds is 5. The summed E-state index contributed by atoms with van der Waals surface area (Å²) in [6.45, 7) is 1.87. The van der Waals surface area contributed by atoms with Crippen LogP contribution in [-0.2, 0) is 19.1 Å². The van der Waals surface area contributed by atoms with E-state index in [1.807, 2.05) is 19.1 Å². The average Bonchev–Trinajstić information content (AvgIpc) is 3.02. The molecular weight excluding hydrogens is 408 g/mol. The average molecular weight is 427 g/mol. The predicted octanol–water partition coefficient (Wildman–Crippen LogP) is 5.85. The third-order valence-corrected chi connectivity index (χ3v) is 5.36. The van der Waals surface area contributed by atoms with E-state index < -0.39 is 23.5 Å². The minimum absolute atomic E-state index is 0.0712. The molecule has 1 heterocycles. The number of nitrogens with two attached hydrogens (primary N) is 1. The van der Waals surface area contributed by atoms with Gasteiger partial charge in [-0.05, 0) is 53.9 Å². The minimum Gasteiger partial charge on any atom is -0.366 e. The first-order valence-corrected chi connectivity index (χ1v) is 9.81. The Kier molecular flexibility index (Phi) is 5.21. The largest absolute Gasteiger partial charge is 0.416 e. The Labute approximate surface area is 176 Å². The van der Waals surface area contributed by atoms with Gasteiger partial charge in [-0.3, -0.25) is 4.79 Å². The number of nitrogens with zero attached hydrogens (tertiary/aromatic N) is 1. The molecule has 0 spiro atoms. The maximum atomic E-state index is 13.6. The maximum Gasteiger partial charge on any atom is 0.416 e. The third kappa shape index (κ3) is 3.76. The number of benzene rings is 3. The normalized spacial score (nSPS) is 12.0. The van der Waals surface area contributed by atoms with E-state index in [0.29, 0.717) is 27.9 Å². The molecular formula is C24H19F4N2O. The lowest BCUT2D eigenvalue weighted by Gasteiger charge is -2.15. The van der Waals surface area contributed by atoms with Crippen molar-refractivity contribution >= 4 is 27.7 Å². The fourth-order valence-corrected chi connectivity index (χ4v) is 4.03. The second kappa shape index (κ2) is 7.72. The number of carbonyl (C=O) groups is 1. The lowest BCUT2D eigenvalue weighted by molar-refractivity contribution is -0.138. The van der Waals surface area contributed by atoms with Gasteiger partial charge in [-0.15, -0.1) is 0 Å². The van der Waals surface area contributed by atoms with Crippen molar-refractivity contribution in [2.75, 3.05) is 0 Å². The first kappa shape index (κ1) is 20.9. The SMILES string of the molecule is CCCc1c[c]c2c3c(C(N)=O)cccc3n(Cc3ccc(F)cc3C(F)(F)F)c2c1. The van der Waals surface area contributed by atoms with Crippen LogP contribution in [0.3, 0.4) is 0 Å². The molecule has 0 aliphatic carbocycles. The number of fused-ring (bicyclic) bond motifs is 3. The molecule has 0 unspecified atom stereocenters. The van der Waals surface area contributed by atoms with E-state index in [1.54, 1.807) is 22.8 Å². The van der Waals surface area contributed by atoms with Crippen LogP contribution in [-0.4, -0.2) is 10.5 Å². The zero-order chi connectivity index (χ0) is 22.3. The highest BCUT2D eigenvalue weighted by atomic mass is 19.4. The van der Waals surface area contributed by atoms with Gasteiger partial charge in [-0.25, -0.2) is 4.39 Å². The van der Waals surface area contributed by atoms with Crippen molar-refractivity contribution in [3.63, 3.8) is 0 Å². The van der Waals surface area contributed by atoms with Gasteiger partial charge in [0.05, 0.1) is 16.6 Å². The number of hydrogen-bond donors (Lipinski definition) is 1. The molecule has 1 amide bonds. The number of aromatic nitrogens is 1. The molecule has 0 saturated carbocycles. The van der Waals surface area contributed by atoms with Crippen LogP contribution in [0.1, 0.15) is 40.4 Å². The third-order valence-electron chi connectivity index (χ3n) is 5.36. The smallest absolute Gasteiger partial charge is 0.366 e. The van der Waals surface area contributed by atoms with Gasteiger partial charge in [0.25, 0.3) is 0 Å². The number of amides is 1. The van der Waals surface area contributed by atoms with Crippen molar-refractivity contribution in [3.05, 3.63) is 82.7 Å². The fraction of sp³-hybridized carbons (Fsp3) is 0.208. The Morgan fingerprint density at radius 3 is 2.58 bits per heavy atom. The predicted molar refractivity (Wildman–Crippen MR) is 111 cm³/mol. The molecule has 3 nitrogen and oxygen atoms in total. The summed E-state index contributed by atoms with van der Waals surface area (Å²) >= 11 is 0. The Morgan fingerprint density at radius 1 is 1.13 bits per heavy atom. The summed E-state index contributed by atoms with van der Waals surface area (Å²) in [5.41, 5.74) is 6.92. The zero-order valence-corrected chi connectivity index (χ0v) is 16.7. The van der Waals surface area contributed by atoms with Gasteiger partial charge in [-0.2, -0.15) is 13.2 Å². The van der Waals surface area contributed by atoms with E-state index in [9.17, 15) is 22.4 Å². The quantitative estimate of drug-likeness (QED) is 0.399. The molecule has 159 valence electrons. The summed E-state index contributed by atoms with van der Waals surface area (Å²) in [5, 5.41) is 1.16. The Morgan fingerprint density at radius 2 is 1.90 bits per heavy atom. The number of halogens is 4. The first-order valence-electron chi connectivity index (χ1n) is 9.81. The van der Waals surface area contributed by atoms with Gasteiger partial charge < -0.3 is 10.3 Å². The van der Waals surface area contributed by atoms with Crippen molar-refractivity contribution in [2.24, 2.45) is 5.73 Å². The Hall–Kier alpha value is -3.35. The van der Waals surface area contributed by atoms with Crippen molar-refractivity contribution in [2.45, 2.75) is 32.5 Å². The van der Waals surface area contributed by atoms with Gasteiger partial charge in [0.2, 0.25) is 5.91 Å². The highest BCUT2D eigenvalue weighted by Crippen LogP contribution is 2.36. The molecule has 1 aromatic heterocycles. The second-order valence-corrected chi connectivity index (χ2v) is 7.47. The number of alkyl halides is 3. The lowest BCUT2D eigenvalue weighted by atomic mass is 10.0. The summed E-state index contributed by atoms with van der Waals surface area (Å²) < 4.78 is 56.0. The summed E-state index contributed by atoms with van der Waals surface area (Å²) in [6, 6.07) is 14.5. The van der Waals surface area contributed by atoms with Crippen LogP contribution in [0.4, 0.5) is 17.6 Å². The molecule has 1 radical (unpaired) electrons. The molecule has 0 aliphatic heterocycles. The monoisotopic (exact) mass is 427 g/mol. The van der Waals surface area contributed by atoms with Gasteiger partial charge in [-0.1, -0.05) is 31.5 Å². The number of primary amides is 1. The van der Waals surface area contributed by atoms with Gasteiger partial charge in [0, 0.05) is 22.9 Å². The van der Waals surface area contributed by atoms with E-state index >= 15 is 0 Å². The van der Waals surface area contributed by atoms with Crippen molar-refractivity contribution in [1.82, 2.24) is 4.57 Å². The van der Waals surface area contributed by atoms with Gasteiger partial charge >= 0.3 is 6.18 Å². The van der Waals surface area contributed by atoms with Crippen LogP contribution in [0, 0.1) is 11.9 Å². The molecule has 4 rings (SSSR count). The van der Waals surface area contributed by atoms with Gasteiger partial charge in [0.1, 0.15) is 5.82 Å². The molecule has 0 aliphatic rings. The maximum absolute atomic E-state index is 13.6. The Balaban J connectivity index is 2.02. The van der Waals surface area contributed by atoms with E-state index in [-0.39, 0.29) is 17.7 Å². The minimum atomic E-state index is -4.70. The molecule has 4 aromatic rings. The molecule has 2 N–H and O–H groups in total. The highest BCUT2D eigenvalue weighted by molar-refractivity contribution is 6.17. The van der Waals surface area contributed by atoms with Crippen LogP contribution < -0.4 is 5.73 Å². The summed E-state index contributed by atoms with van der Waals surface area (Å²) in [6.07, 6.45) is -3.03. The zero-order valence-electron chi connectivity index (χ0n) is 16.7. The van der Waals surface area contributed by atoms with Crippen LogP contribution in [0.25, 0.3) is 21.8 Å². The van der Waals surface area contributed by atoms with Crippen molar-refractivity contribution in [3.8, 4) is 0 Å². The van der Waals surface area contributed by atoms with Crippen LogP contribution in [0.2, 0.25) is 0 Å². The topological polar surface area (TPSA) is 48.0 Å². The number of aryl methyl sites for hydroxylation is 1. The van der Waals surface area contributed by atoms with E-state index in [2.05, 4.69) is 6.07 Å².